The molecule has 0 aliphatic rings. The third-order valence-electron chi connectivity index (χ3n) is 8.61. The van der Waals surface area contributed by atoms with E-state index in [1.54, 1.807) is 0 Å². The molecule has 0 unspecified atom stereocenters. The largest absolute Gasteiger partial charge is 0.437 e. The van der Waals surface area contributed by atoms with Crippen LogP contribution in [0.2, 0.25) is 0 Å². The van der Waals surface area contributed by atoms with Crippen LogP contribution in [0.4, 0.5) is 0 Å². The Hall–Kier alpha value is -5.52. The van der Waals surface area contributed by atoms with Crippen LogP contribution in [0.25, 0.3) is 92.0 Å². The molecule has 0 amide bonds. The molecule has 0 N–H and O–H groups in total. The zero-order valence-corrected chi connectivity index (χ0v) is 23.6. The van der Waals surface area contributed by atoms with Crippen LogP contribution in [0.1, 0.15) is 0 Å². The van der Waals surface area contributed by atoms with Crippen LogP contribution in [0.5, 0.6) is 0 Å². The molecular formula is C38H21N3OS. The molecule has 0 bridgehead atoms. The van der Waals surface area contributed by atoms with Gasteiger partial charge >= 0.3 is 0 Å². The van der Waals surface area contributed by atoms with Crippen molar-refractivity contribution in [1.29, 1.82) is 0 Å². The van der Waals surface area contributed by atoms with Crippen molar-refractivity contribution >= 4 is 86.2 Å². The molecule has 0 aliphatic carbocycles. The van der Waals surface area contributed by atoms with Crippen LogP contribution >= 0.6 is 11.3 Å². The van der Waals surface area contributed by atoms with Gasteiger partial charge in [0.15, 0.2) is 11.6 Å². The fourth-order valence-corrected chi connectivity index (χ4v) is 8.06. The van der Waals surface area contributed by atoms with Gasteiger partial charge in [-0.1, -0.05) is 109 Å². The van der Waals surface area contributed by atoms with E-state index in [1.807, 2.05) is 41.7 Å². The van der Waals surface area contributed by atoms with Gasteiger partial charge in [-0.2, -0.15) is 4.98 Å². The fourth-order valence-electron chi connectivity index (χ4n) is 6.82. The monoisotopic (exact) mass is 567 g/mol. The van der Waals surface area contributed by atoms with Gasteiger partial charge in [0.1, 0.15) is 5.58 Å². The molecule has 0 radical (unpaired) electrons. The van der Waals surface area contributed by atoms with Gasteiger partial charge in [-0.25, -0.2) is 4.98 Å². The van der Waals surface area contributed by atoms with Gasteiger partial charge in [-0.3, -0.25) is 4.57 Å². The first-order valence-electron chi connectivity index (χ1n) is 14.4. The number of rotatable bonds is 2. The SMILES string of the molecule is c1ccc(-c2nc(-n3c4ccccc4c4c5ccccc5c5sc6ccccc6c5c43)c3c(n2)oc2ccccc23)cc1. The second-order valence-electron chi connectivity index (χ2n) is 10.9. The van der Waals surface area contributed by atoms with Crippen LogP contribution < -0.4 is 0 Å². The number of hydrogen-bond donors (Lipinski definition) is 0. The van der Waals surface area contributed by atoms with Crippen molar-refractivity contribution in [2.75, 3.05) is 0 Å². The molecule has 4 heterocycles. The Bertz CT molecular complexity index is 2730. The van der Waals surface area contributed by atoms with Crippen molar-refractivity contribution in [1.82, 2.24) is 14.5 Å². The molecule has 0 atom stereocenters. The molecule has 10 aromatic rings. The molecule has 43 heavy (non-hydrogen) atoms. The first-order chi connectivity index (χ1) is 21.3. The first kappa shape index (κ1) is 23.1. The van der Waals surface area contributed by atoms with Crippen LogP contribution in [0.3, 0.4) is 0 Å². The Morgan fingerprint density at radius 3 is 2.07 bits per heavy atom. The third kappa shape index (κ3) is 3.09. The van der Waals surface area contributed by atoms with Gasteiger partial charge in [0.2, 0.25) is 5.71 Å². The van der Waals surface area contributed by atoms with Crippen molar-refractivity contribution in [2.24, 2.45) is 0 Å². The molecular weight excluding hydrogens is 547 g/mol. The molecule has 4 aromatic heterocycles. The lowest BCUT2D eigenvalue weighted by molar-refractivity contribution is 0.653. The normalized spacial score (nSPS) is 12.2. The molecule has 200 valence electrons. The zero-order chi connectivity index (χ0) is 28.1. The second-order valence-corrected chi connectivity index (χ2v) is 12.0. The lowest BCUT2D eigenvalue weighted by atomic mass is 10.00. The molecule has 4 nitrogen and oxygen atoms in total. The lowest BCUT2D eigenvalue weighted by Crippen LogP contribution is -2.02. The van der Waals surface area contributed by atoms with Gasteiger partial charge in [0.25, 0.3) is 0 Å². The van der Waals surface area contributed by atoms with Crippen molar-refractivity contribution in [3.63, 3.8) is 0 Å². The highest BCUT2D eigenvalue weighted by molar-refractivity contribution is 7.27. The van der Waals surface area contributed by atoms with Crippen molar-refractivity contribution in [3.05, 3.63) is 127 Å². The number of para-hydroxylation sites is 2. The van der Waals surface area contributed by atoms with Gasteiger partial charge in [0.05, 0.1) is 16.4 Å². The summed E-state index contributed by atoms with van der Waals surface area (Å²) in [5.74, 6) is 1.46. The minimum Gasteiger partial charge on any atom is -0.437 e. The number of fused-ring (bicyclic) bond motifs is 13. The van der Waals surface area contributed by atoms with E-state index in [9.17, 15) is 0 Å². The molecule has 0 spiro atoms. The van der Waals surface area contributed by atoms with E-state index >= 15 is 0 Å². The molecule has 10 rings (SSSR count). The summed E-state index contributed by atoms with van der Waals surface area (Å²) in [6, 6.07) is 44.6. The summed E-state index contributed by atoms with van der Waals surface area (Å²) in [4.78, 5) is 10.4. The van der Waals surface area contributed by atoms with Crippen molar-refractivity contribution in [3.8, 4) is 17.2 Å². The van der Waals surface area contributed by atoms with E-state index in [1.165, 1.54) is 41.7 Å². The summed E-state index contributed by atoms with van der Waals surface area (Å²) in [5.41, 5.74) is 4.61. The Kier molecular flexibility index (Phi) is 4.57. The van der Waals surface area contributed by atoms with Crippen LogP contribution in [0.15, 0.2) is 132 Å². The summed E-state index contributed by atoms with van der Waals surface area (Å²) >= 11 is 1.86. The summed E-state index contributed by atoms with van der Waals surface area (Å²) in [7, 11) is 0. The topological polar surface area (TPSA) is 43.9 Å². The smallest absolute Gasteiger partial charge is 0.233 e. The maximum Gasteiger partial charge on any atom is 0.233 e. The highest BCUT2D eigenvalue weighted by atomic mass is 32.1. The molecule has 0 aliphatic heterocycles. The molecule has 0 fully saturated rings. The predicted molar refractivity (Wildman–Crippen MR) is 179 cm³/mol. The maximum atomic E-state index is 6.43. The number of aromatic nitrogens is 3. The Balaban J connectivity index is 1.52. The summed E-state index contributed by atoms with van der Waals surface area (Å²) in [6.07, 6.45) is 0. The molecule has 5 heteroatoms. The quantitative estimate of drug-likeness (QED) is 0.209. The predicted octanol–water partition coefficient (Wildman–Crippen LogP) is 10.7. The number of nitrogens with zero attached hydrogens (tertiary/aromatic N) is 3. The van der Waals surface area contributed by atoms with E-state index in [0.717, 1.165) is 38.8 Å². The van der Waals surface area contributed by atoms with E-state index in [2.05, 4.69) is 102 Å². The second kappa shape index (κ2) is 8.51. The molecule has 6 aromatic carbocycles. The van der Waals surface area contributed by atoms with Gasteiger partial charge in [0, 0.05) is 47.3 Å². The fraction of sp³-hybridized carbons (Fsp3) is 0. The maximum absolute atomic E-state index is 6.43. The third-order valence-corrected chi connectivity index (χ3v) is 9.82. The highest BCUT2D eigenvalue weighted by Crippen LogP contribution is 2.48. The van der Waals surface area contributed by atoms with Crippen molar-refractivity contribution in [2.45, 2.75) is 0 Å². The van der Waals surface area contributed by atoms with E-state index in [0.29, 0.717) is 11.5 Å². The Labute approximate surface area is 249 Å². The van der Waals surface area contributed by atoms with Crippen LogP contribution in [-0.2, 0) is 0 Å². The number of thiophene rings is 1. The number of benzene rings is 6. The summed E-state index contributed by atoms with van der Waals surface area (Å²) in [6.45, 7) is 0. The van der Waals surface area contributed by atoms with E-state index < -0.39 is 0 Å². The molecule has 0 saturated carbocycles. The lowest BCUT2D eigenvalue weighted by Gasteiger charge is -2.12. The number of hydrogen-bond acceptors (Lipinski definition) is 4. The summed E-state index contributed by atoms with van der Waals surface area (Å²) in [5, 5.41) is 9.40. The van der Waals surface area contributed by atoms with E-state index in [-0.39, 0.29) is 0 Å². The van der Waals surface area contributed by atoms with Gasteiger partial charge < -0.3 is 4.42 Å². The minimum absolute atomic E-state index is 0.586. The summed E-state index contributed by atoms with van der Waals surface area (Å²) < 4.78 is 11.4. The first-order valence-corrected chi connectivity index (χ1v) is 15.2. The number of furan rings is 1. The van der Waals surface area contributed by atoms with E-state index in [4.69, 9.17) is 14.4 Å². The Morgan fingerprint density at radius 1 is 0.535 bits per heavy atom. The van der Waals surface area contributed by atoms with Crippen molar-refractivity contribution < 1.29 is 4.42 Å². The molecule has 0 saturated heterocycles. The minimum atomic E-state index is 0.586. The zero-order valence-electron chi connectivity index (χ0n) is 22.8. The Morgan fingerprint density at radius 2 is 1.21 bits per heavy atom. The average Bonchev–Trinajstić information content (AvgIpc) is 3.74. The highest BCUT2D eigenvalue weighted by Gasteiger charge is 2.25. The van der Waals surface area contributed by atoms with Gasteiger partial charge in [-0.15, -0.1) is 11.3 Å². The standard InChI is InChI=1S/C38H21N3OS/c1-2-12-22(13-3-1)36-39-37(33-26-17-7-10-20-29(26)42-38(33)40-36)41-28-19-9-6-16-25(28)31-23-14-4-5-15-24(23)35-32(34(31)41)27-18-8-11-21-30(27)43-35/h1-21H. The van der Waals surface area contributed by atoms with Gasteiger partial charge in [-0.05, 0) is 23.6 Å². The van der Waals surface area contributed by atoms with Crippen LogP contribution in [0, 0.1) is 0 Å². The van der Waals surface area contributed by atoms with Crippen LogP contribution in [-0.4, -0.2) is 14.5 Å². The average molecular weight is 568 g/mol.